The van der Waals surface area contributed by atoms with Gasteiger partial charge in [-0.3, -0.25) is 9.59 Å². The summed E-state index contributed by atoms with van der Waals surface area (Å²) in [5, 5.41) is 9.28. The fraction of sp³-hybridized carbons (Fsp3) is 0.550. The number of carbonyl (C=O) groups is 2. The van der Waals surface area contributed by atoms with E-state index in [2.05, 4.69) is 20.9 Å². The molecule has 28 heavy (non-hydrogen) atoms. The SMILES string of the molecule is CNC(=O)C(C)(C)CNC(=NCC(=O)N(C)C)NC1CCOc2ccccc21. The molecule has 0 fully saturated rings. The van der Waals surface area contributed by atoms with Crippen LogP contribution in [0.2, 0.25) is 0 Å². The molecule has 0 saturated carbocycles. The van der Waals surface area contributed by atoms with Gasteiger partial charge in [-0.25, -0.2) is 4.99 Å². The number of carbonyl (C=O) groups excluding carboxylic acids is 2. The summed E-state index contributed by atoms with van der Waals surface area (Å²) in [4.78, 5) is 30.0. The van der Waals surface area contributed by atoms with Crippen LogP contribution in [0.15, 0.2) is 29.3 Å². The van der Waals surface area contributed by atoms with E-state index in [1.54, 1.807) is 21.1 Å². The Labute approximate surface area is 166 Å². The predicted octanol–water partition coefficient (Wildman–Crippen LogP) is 0.906. The molecule has 8 heteroatoms. The molecule has 1 aliphatic heterocycles. The number of nitrogens with one attached hydrogen (secondary N) is 3. The smallest absolute Gasteiger partial charge is 0.243 e. The molecule has 1 unspecified atom stereocenters. The third-order valence-corrected chi connectivity index (χ3v) is 4.68. The Hall–Kier alpha value is -2.77. The molecule has 0 aliphatic carbocycles. The van der Waals surface area contributed by atoms with Crippen molar-refractivity contribution >= 4 is 17.8 Å². The van der Waals surface area contributed by atoms with Crippen molar-refractivity contribution in [3.63, 3.8) is 0 Å². The zero-order valence-corrected chi connectivity index (χ0v) is 17.3. The Bertz CT molecular complexity index is 730. The highest BCUT2D eigenvalue weighted by Crippen LogP contribution is 2.31. The highest BCUT2D eigenvalue weighted by Gasteiger charge is 2.28. The van der Waals surface area contributed by atoms with E-state index >= 15 is 0 Å². The number of fused-ring (bicyclic) bond motifs is 1. The molecule has 1 aromatic rings. The Morgan fingerprint density at radius 1 is 1.29 bits per heavy atom. The van der Waals surface area contributed by atoms with E-state index in [-0.39, 0.29) is 24.4 Å². The number of para-hydroxylation sites is 1. The second-order valence-corrected chi connectivity index (χ2v) is 7.64. The summed E-state index contributed by atoms with van der Waals surface area (Å²) < 4.78 is 5.71. The number of hydrogen-bond acceptors (Lipinski definition) is 4. The highest BCUT2D eigenvalue weighted by atomic mass is 16.5. The molecule has 0 saturated heterocycles. The Balaban J connectivity index is 2.16. The van der Waals surface area contributed by atoms with E-state index < -0.39 is 5.41 Å². The molecule has 3 N–H and O–H groups in total. The zero-order valence-electron chi connectivity index (χ0n) is 17.3. The van der Waals surface area contributed by atoms with Crippen LogP contribution in [0.4, 0.5) is 0 Å². The fourth-order valence-corrected chi connectivity index (χ4v) is 2.82. The monoisotopic (exact) mass is 389 g/mol. The van der Waals surface area contributed by atoms with Crippen molar-refractivity contribution in [1.82, 2.24) is 20.9 Å². The maximum atomic E-state index is 12.1. The second-order valence-electron chi connectivity index (χ2n) is 7.64. The number of guanidine groups is 1. The summed E-state index contributed by atoms with van der Waals surface area (Å²) in [6, 6.07) is 7.88. The Morgan fingerprint density at radius 3 is 2.68 bits per heavy atom. The molecule has 2 rings (SSSR count). The summed E-state index contributed by atoms with van der Waals surface area (Å²) >= 11 is 0. The van der Waals surface area contributed by atoms with Crippen LogP contribution in [-0.2, 0) is 9.59 Å². The van der Waals surface area contributed by atoms with Crippen molar-refractivity contribution in [2.24, 2.45) is 10.4 Å². The van der Waals surface area contributed by atoms with E-state index in [9.17, 15) is 9.59 Å². The van der Waals surface area contributed by atoms with Crippen molar-refractivity contribution in [1.29, 1.82) is 0 Å². The minimum Gasteiger partial charge on any atom is -0.493 e. The first-order valence-electron chi connectivity index (χ1n) is 9.43. The summed E-state index contributed by atoms with van der Waals surface area (Å²) in [5.74, 6) is 1.17. The first-order chi connectivity index (χ1) is 13.2. The average molecular weight is 390 g/mol. The molecule has 0 radical (unpaired) electrons. The van der Waals surface area contributed by atoms with Crippen LogP contribution < -0.4 is 20.7 Å². The number of amides is 2. The van der Waals surface area contributed by atoms with Gasteiger partial charge in [0.2, 0.25) is 11.8 Å². The topological polar surface area (TPSA) is 95.1 Å². The molecule has 1 aromatic carbocycles. The van der Waals surface area contributed by atoms with Crippen molar-refractivity contribution < 1.29 is 14.3 Å². The quantitative estimate of drug-likeness (QED) is 0.496. The van der Waals surface area contributed by atoms with E-state index in [1.807, 2.05) is 38.1 Å². The van der Waals surface area contributed by atoms with Crippen LogP contribution in [0.25, 0.3) is 0 Å². The molecule has 8 nitrogen and oxygen atoms in total. The van der Waals surface area contributed by atoms with Gasteiger partial charge in [0.1, 0.15) is 12.3 Å². The van der Waals surface area contributed by atoms with Crippen LogP contribution in [0.5, 0.6) is 5.75 Å². The first-order valence-corrected chi connectivity index (χ1v) is 9.43. The van der Waals surface area contributed by atoms with Gasteiger partial charge in [-0.1, -0.05) is 18.2 Å². The zero-order chi connectivity index (χ0) is 20.7. The van der Waals surface area contributed by atoms with Gasteiger partial charge in [0.05, 0.1) is 18.1 Å². The first kappa shape index (κ1) is 21.5. The molecular formula is C20H31N5O3. The van der Waals surface area contributed by atoms with Crippen molar-refractivity contribution in [2.45, 2.75) is 26.3 Å². The van der Waals surface area contributed by atoms with Gasteiger partial charge in [-0.15, -0.1) is 0 Å². The molecular weight excluding hydrogens is 358 g/mol. The average Bonchev–Trinajstić information content (AvgIpc) is 2.69. The van der Waals surface area contributed by atoms with E-state index in [0.29, 0.717) is 19.1 Å². The van der Waals surface area contributed by atoms with E-state index in [4.69, 9.17) is 4.74 Å². The van der Waals surface area contributed by atoms with Crippen molar-refractivity contribution in [2.75, 3.05) is 40.8 Å². The second kappa shape index (κ2) is 9.43. The summed E-state index contributed by atoms with van der Waals surface area (Å²) in [7, 11) is 5.01. The number of rotatable bonds is 6. The molecule has 0 bridgehead atoms. The number of likely N-dealkylation sites (N-methyl/N-ethyl adjacent to an activating group) is 1. The number of aliphatic imine (C=N–C) groups is 1. The molecule has 1 aliphatic rings. The maximum absolute atomic E-state index is 12.1. The minimum absolute atomic E-state index is 0.00812. The van der Waals surface area contributed by atoms with Gasteiger partial charge in [-0.2, -0.15) is 0 Å². The predicted molar refractivity (Wildman–Crippen MR) is 109 cm³/mol. The normalized spacial score (nSPS) is 16.5. The van der Waals surface area contributed by atoms with Gasteiger partial charge in [-0.05, 0) is 19.9 Å². The lowest BCUT2D eigenvalue weighted by Crippen LogP contribution is -2.48. The van der Waals surface area contributed by atoms with Gasteiger partial charge in [0.25, 0.3) is 0 Å². The van der Waals surface area contributed by atoms with Gasteiger partial charge >= 0.3 is 0 Å². The highest BCUT2D eigenvalue weighted by molar-refractivity contribution is 5.86. The molecule has 0 aromatic heterocycles. The molecule has 154 valence electrons. The van der Waals surface area contributed by atoms with Gasteiger partial charge in [0, 0.05) is 39.7 Å². The van der Waals surface area contributed by atoms with E-state index in [0.717, 1.165) is 17.7 Å². The third kappa shape index (κ3) is 5.61. The molecule has 1 heterocycles. The third-order valence-electron chi connectivity index (χ3n) is 4.68. The van der Waals surface area contributed by atoms with Gasteiger partial charge in [0.15, 0.2) is 5.96 Å². The number of benzene rings is 1. The summed E-state index contributed by atoms with van der Waals surface area (Å²) in [6.07, 6.45) is 0.776. The lowest BCUT2D eigenvalue weighted by Gasteiger charge is -2.29. The van der Waals surface area contributed by atoms with Crippen molar-refractivity contribution in [3.05, 3.63) is 29.8 Å². The molecule has 0 spiro atoms. The summed E-state index contributed by atoms with van der Waals surface area (Å²) in [6.45, 7) is 4.70. The fourth-order valence-electron chi connectivity index (χ4n) is 2.82. The molecule has 2 amide bonds. The number of nitrogens with zero attached hydrogens (tertiary/aromatic N) is 2. The van der Waals surface area contributed by atoms with Crippen molar-refractivity contribution in [3.8, 4) is 5.75 Å². The number of ether oxygens (including phenoxy) is 1. The van der Waals surface area contributed by atoms with Crippen LogP contribution in [-0.4, -0.2) is 63.5 Å². The van der Waals surface area contributed by atoms with Crippen LogP contribution in [0.3, 0.4) is 0 Å². The largest absolute Gasteiger partial charge is 0.493 e. The lowest BCUT2D eigenvalue weighted by atomic mass is 9.92. The standard InChI is InChI=1S/C20H31N5O3/c1-20(2,18(27)21-3)13-23-19(22-12-17(26)25(4)5)24-15-10-11-28-16-9-7-6-8-14(15)16/h6-9,15H,10-13H2,1-5H3,(H,21,27)(H2,22,23,24). The number of hydrogen-bond donors (Lipinski definition) is 3. The van der Waals surface area contributed by atoms with Crippen LogP contribution in [0, 0.1) is 5.41 Å². The summed E-state index contributed by atoms with van der Waals surface area (Å²) in [5.41, 5.74) is 0.420. The maximum Gasteiger partial charge on any atom is 0.243 e. The van der Waals surface area contributed by atoms with Crippen LogP contribution in [0.1, 0.15) is 31.9 Å². The van der Waals surface area contributed by atoms with E-state index in [1.165, 1.54) is 4.90 Å². The minimum atomic E-state index is -0.629. The van der Waals surface area contributed by atoms with Gasteiger partial charge < -0.3 is 25.6 Å². The van der Waals surface area contributed by atoms with Crippen LogP contribution >= 0.6 is 0 Å². The lowest BCUT2D eigenvalue weighted by molar-refractivity contribution is -0.128. The Morgan fingerprint density at radius 2 is 2.00 bits per heavy atom. The molecule has 1 atom stereocenters. The Kier molecular flexibility index (Phi) is 7.25.